The van der Waals surface area contributed by atoms with Gasteiger partial charge in [-0.2, -0.15) is 0 Å². The molecule has 3 rings (SSSR count). The Morgan fingerprint density at radius 1 is 1.00 bits per heavy atom. The number of nitrogens with zero attached hydrogens (tertiary/aromatic N) is 3. The molecule has 0 aliphatic rings. The Labute approximate surface area is 161 Å². The van der Waals surface area contributed by atoms with Gasteiger partial charge in [0.05, 0.1) is 11.5 Å². The first-order valence-electron chi connectivity index (χ1n) is 8.71. The number of anilines is 1. The fourth-order valence-electron chi connectivity index (χ4n) is 2.91. The van der Waals surface area contributed by atoms with Gasteiger partial charge < -0.3 is 4.90 Å². The van der Waals surface area contributed by atoms with Crippen LogP contribution in [-0.4, -0.2) is 15.4 Å². The molecule has 0 saturated heterocycles. The summed E-state index contributed by atoms with van der Waals surface area (Å²) in [4.78, 5) is 37.4. The molecule has 0 spiro atoms. The molecule has 0 unspecified atom stereocenters. The maximum atomic E-state index is 13.1. The molecule has 3 aromatic rings. The zero-order valence-corrected chi connectivity index (χ0v) is 15.3. The van der Waals surface area contributed by atoms with Crippen LogP contribution in [0, 0.1) is 17.0 Å². The van der Waals surface area contributed by atoms with Gasteiger partial charge in [-0.1, -0.05) is 48.5 Å². The lowest BCUT2D eigenvalue weighted by Crippen LogP contribution is -2.37. The van der Waals surface area contributed by atoms with Gasteiger partial charge in [-0.15, -0.1) is 0 Å². The summed E-state index contributed by atoms with van der Waals surface area (Å²) in [7, 11) is 0. The molecule has 0 radical (unpaired) electrons. The lowest BCUT2D eigenvalue weighted by Gasteiger charge is -2.24. The van der Waals surface area contributed by atoms with Gasteiger partial charge in [-0.25, -0.2) is 0 Å². The van der Waals surface area contributed by atoms with Crippen LogP contribution in [0.15, 0.2) is 77.6 Å². The number of carbonyl (C=O) groups excluding carboxylic acids is 1. The molecule has 1 heterocycles. The van der Waals surface area contributed by atoms with Gasteiger partial charge in [0.1, 0.15) is 6.54 Å². The van der Waals surface area contributed by atoms with Crippen LogP contribution < -0.4 is 10.5 Å². The number of para-hydroxylation sites is 1. The van der Waals surface area contributed by atoms with Crippen LogP contribution in [-0.2, 0) is 17.9 Å². The molecule has 0 aliphatic carbocycles. The van der Waals surface area contributed by atoms with Crippen molar-refractivity contribution >= 4 is 17.3 Å². The molecule has 1 amide bonds. The average molecular weight is 377 g/mol. The molecule has 0 saturated carbocycles. The summed E-state index contributed by atoms with van der Waals surface area (Å²) in [6.45, 7) is 1.68. The predicted molar refractivity (Wildman–Crippen MR) is 106 cm³/mol. The number of carbonyl (C=O) groups is 1. The standard InChI is InChI=1S/C21H19N3O4/c1-16-12-13-19(24(27)28)21(26)22(16)15-20(25)23(18-10-6-3-7-11-18)14-17-8-4-2-5-9-17/h2-13H,14-15H2,1H3. The summed E-state index contributed by atoms with van der Waals surface area (Å²) >= 11 is 0. The first-order chi connectivity index (χ1) is 13.5. The van der Waals surface area contributed by atoms with E-state index < -0.39 is 16.2 Å². The lowest BCUT2D eigenvalue weighted by atomic mass is 10.2. The maximum Gasteiger partial charge on any atom is 0.334 e. The van der Waals surface area contributed by atoms with Gasteiger partial charge in [-0.05, 0) is 30.7 Å². The highest BCUT2D eigenvalue weighted by molar-refractivity contribution is 5.93. The van der Waals surface area contributed by atoms with Crippen molar-refractivity contribution in [3.8, 4) is 0 Å². The first-order valence-corrected chi connectivity index (χ1v) is 8.71. The van der Waals surface area contributed by atoms with Gasteiger partial charge in [0.25, 0.3) is 0 Å². The third kappa shape index (κ3) is 4.15. The number of amides is 1. The normalized spacial score (nSPS) is 10.5. The Morgan fingerprint density at radius 3 is 2.21 bits per heavy atom. The van der Waals surface area contributed by atoms with E-state index in [9.17, 15) is 19.7 Å². The van der Waals surface area contributed by atoms with Crippen molar-refractivity contribution in [3.63, 3.8) is 0 Å². The summed E-state index contributed by atoms with van der Waals surface area (Å²) in [5.74, 6) is -0.333. The predicted octanol–water partition coefficient (Wildman–Crippen LogP) is 3.30. The summed E-state index contributed by atoms with van der Waals surface area (Å²) < 4.78 is 1.14. The Bertz CT molecular complexity index is 1050. The van der Waals surface area contributed by atoms with Gasteiger partial charge in [-0.3, -0.25) is 24.3 Å². The summed E-state index contributed by atoms with van der Waals surface area (Å²) in [5.41, 5.74) is 0.769. The minimum absolute atomic E-state index is 0.284. The summed E-state index contributed by atoms with van der Waals surface area (Å²) in [6, 6.07) is 21.2. The molecule has 0 aliphatic heterocycles. The highest BCUT2D eigenvalue weighted by Gasteiger charge is 2.21. The molecule has 142 valence electrons. The number of hydrogen-bond donors (Lipinski definition) is 0. The lowest BCUT2D eigenvalue weighted by molar-refractivity contribution is -0.386. The van der Waals surface area contributed by atoms with Crippen molar-refractivity contribution in [3.05, 3.63) is 105 Å². The topological polar surface area (TPSA) is 85.5 Å². The van der Waals surface area contributed by atoms with Crippen molar-refractivity contribution in [2.24, 2.45) is 0 Å². The minimum Gasteiger partial charge on any atom is -0.306 e. The van der Waals surface area contributed by atoms with E-state index in [0.717, 1.165) is 16.2 Å². The highest BCUT2D eigenvalue weighted by Crippen LogP contribution is 2.18. The molecule has 7 heteroatoms. The van der Waals surface area contributed by atoms with Crippen LogP contribution >= 0.6 is 0 Å². The quantitative estimate of drug-likeness (QED) is 0.487. The Balaban J connectivity index is 1.96. The Kier molecular flexibility index (Phi) is 5.64. The van der Waals surface area contributed by atoms with Gasteiger partial charge in [0.2, 0.25) is 5.91 Å². The van der Waals surface area contributed by atoms with Crippen molar-refractivity contribution in [2.45, 2.75) is 20.0 Å². The third-order valence-electron chi connectivity index (χ3n) is 4.41. The number of pyridine rings is 1. The van der Waals surface area contributed by atoms with Crippen LogP contribution in [0.3, 0.4) is 0 Å². The molecule has 7 nitrogen and oxygen atoms in total. The van der Waals surface area contributed by atoms with Crippen molar-refractivity contribution in [1.82, 2.24) is 4.57 Å². The Morgan fingerprint density at radius 2 is 1.61 bits per heavy atom. The molecule has 0 fully saturated rings. The van der Waals surface area contributed by atoms with E-state index in [2.05, 4.69) is 0 Å². The van der Waals surface area contributed by atoms with E-state index in [-0.39, 0.29) is 12.5 Å². The minimum atomic E-state index is -0.786. The fraction of sp³-hybridized carbons (Fsp3) is 0.143. The average Bonchev–Trinajstić information content (AvgIpc) is 2.70. The van der Waals surface area contributed by atoms with Gasteiger partial charge in [0.15, 0.2) is 0 Å². The number of aromatic nitrogens is 1. The van der Waals surface area contributed by atoms with E-state index in [1.807, 2.05) is 60.7 Å². The zero-order chi connectivity index (χ0) is 20.1. The fourth-order valence-corrected chi connectivity index (χ4v) is 2.91. The van der Waals surface area contributed by atoms with Gasteiger partial charge in [0, 0.05) is 17.4 Å². The smallest absolute Gasteiger partial charge is 0.306 e. The van der Waals surface area contributed by atoms with E-state index in [4.69, 9.17) is 0 Å². The van der Waals surface area contributed by atoms with E-state index >= 15 is 0 Å². The number of benzene rings is 2. The highest BCUT2D eigenvalue weighted by atomic mass is 16.6. The zero-order valence-electron chi connectivity index (χ0n) is 15.3. The second-order valence-corrected chi connectivity index (χ2v) is 6.31. The molecule has 0 atom stereocenters. The van der Waals surface area contributed by atoms with Crippen LogP contribution in [0.1, 0.15) is 11.3 Å². The molecular formula is C21H19N3O4. The SMILES string of the molecule is Cc1ccc([N+](=O)[O-])c(=O)n1CC(=O)N(Cc1ccccc1)c1ccccc1. The second kappa shape index (κ2) is 8.30. The van der Waals surface area contributed by atoms with Crippen LogP contribution in [0.25, 0.3) is 0 Å². The van der Waals surface area contributed by atoms with Crippen molar-refractivity contribution in [2.75, 3.05) is 4.90 Å². The maximum absolute atomic E-state index is 13.1. The largest absolute Gasteiger partial charge is 0.334 e. The monoisotopic (exact) mass is 377 g/mol. The van der Waals surface area contributed by atoms with E-state index in [1.54, 1.807) is 11.8 Å². The third-order valence-corrected chi connectivity index (χ3v) is 4.41. The number of aryl methyl sites for hydroxylation is 1. The van der Waals surface area contributed by atoms with Crippen LogP contribution in [0.2, 0.25) is 0 Å². The summed E-state index contributed by atoms with van der Waals surface area (Å²) in [6.07, 6.45) is 0. The molecular weight excluding hydrogens is 358 g/mol. The van der Waals surface area contributed by atoms with Gasteiger partial charge >= 0.3 is 11.2 Å². The van der Waals surface area contributed by atoms with Crippen molar-refractivity contribution in [1.29, 1.82) is 0 Å². The molecule has 1 aromatic heterocycles. The summed E-state index contributed by atoms with van der Waals surface area (Å²) in [5, 5.41) is 11.1. The number of rotatable bonds is 6. The number of nitro groups is 1. The van der Waals surface area contributed by atoms with Crippen LogP contribution in [0.4, 0.5) is 11.4 Å². The van der Waals surface area contributed by atoms with E-state index in [0.29, 0.717) is 17.9 Å². The Hall–Kier alpha value is -3.74. The molecule has 2 aromatic carbocycles. The molecule has 0 bridgehead atoms. The first kappa shape index (κ1) is 19.0. The van der Waals surface area contributed by atoms with Crippen LogP contribution in [0.5, 0.6) is 0 Å². The second-order valence-electron chi connectivity index (χ2n) is 6.31. The molecule has 0 N–H and O–H groups in total. The van der Waals surface area contributed by atoms with Crippen molar-refractivity contribution < 1.29 is 9.72 Å². The molecule has 28 heavy (non-hydrogen) atoms. The number of hydrogen-bond acceptors (Lipinski definition) is 4. The van der Waals surface area contributed by atoms with E-state index in [1.165, 1.54) is 6.07 Å².